The molecule has 0 amide bonds. The number of rotatable bonds is 9. The molecule has 2 heterocycles. The third-order valence-electron chi connectivity index (χ3n) is 3.62. The van der Waals surface area contributed by atoms with Gasteiger partial charge in [0.2, 0.25) is 0 Å². The Kier molecular flexibility index (Phi) is 5.92. The molecule has 0 radical (unpaired) electrons. The molecule has 0 saturated heterocycles. The highest BCUT2D eigenvalue weighted by atomic mass is 15.1. The lowest BCUT2D eigenvalue weighted by atomic mass is 10.2. The fourth-order valence-corrected chi connectivity index (χ4v) is 2.37. The number of nitrogens with zero attached hydrogens (tertiary/aromatic N) is 4. The molecule has 0 bridgehead atoms. The number of nitrogens with one attached hydrogen (secondary N) is 1. The second-order valence-corrected chi connectivity index (χ2v) is 5.22. The fourth-order valence-electron chi connectivity index (χ4n) is 2.37. The zero-order valence-electron chi connectivity index (χ0n) is 12.6. The standard InChI is InChI=1S/C15H25N5/c1-3-5-8-20(9-6-4-2)10-7-13-14-15(18-11-16-13)19-12-17-14/h11-12H,3-10H2,1-2H3,(H,16,17,18,19). The van der Waals surface area contributed by atoms with Gasteiger partial charge in [0, 0.05) is 13.0 Å². The molecule has 0 aliphatic heterocycles. The van der Waals surface area contributed by atoms with Crippen molar-refractivity contribution in [2.24, 2.45) is 0 Å². The molecule has 0 aliphatic carbocycles. The van der Waals surface area contributed by atoms with Gasteiger partial charge in [-0.1, -0.05) is 26.7 Å². The molecular formula is C15H25N5. The van der Waals surface area contributed by atoms with Crippen LogP contribution < -0.4 is 0 Å². The van der Waals surface area contributed by atoms with E-state index in [1.54, 1.807) is 12.7 Å². The van der Waals surface area contributed by atoms with Crippen molar-refractivity contribution >= 4 is 11.2 Å². The summed E-state index contributed by atoms with van der Waals surface area (Å²) in [5.74, 6) is 0. The predicted molar refractivity (Wildman–Crippen MR) is 81.6 cm³/mol. The van der Waals surface area contributed by atoms with Crippen molar-refractivity contribution in [3.8, 4) is 0 Å². The van der Waals surface area contributed by atoms with E-state index in [1.807, 2.05) is 0 Å². The first-order chi connectivity index (χ1) is 9.85. The van der Waals surface area contributed by atoms with Crippen LogP contribution in [0.2, 0.25) is 0 Å². The molecule has 1 N–H and O–H groups in total. The number of hydrogen-bond donors (Lipinski definition) is 1. The molecule has 0 saturated carbocycles. The van der Waals surface area contributed by atoms with Crippen LogP contribution in [0.4, 0.5) is 0 Å². The normalized spacial score (nSPS) is 11.6. The van der Waals surface area contributed by atoms with Crippen LogP contribution in [0.25, 0.3) is 11.2 Å². The highest BCUT2D eigenvalue weighted by molar-refractivity contribution is 5.71. The Morgan fingerprint density at radius 2 is 1.75 bits per heavy atom. The van der Waals surface area contributed by atoms with Gasteiger partial charge in [0.1, 0.15) is 11.8 Å². The van der Waals surface area contributed by atoms with Crippen LogP contribution in [-0.4, -0.2) is 44.5 Å². The van der Waals surface area contributed by atoms with Crippen molar-refractivity contribution in [3.05, 3.63) is 18.3 Å². The number of unbranched alkanes of at least 4 members (excludes halogenated alkanes) is 2. The summed E-state index contributed by atoms with van der Waals surface area (Å²) in [4.78, 5) is 18.4. The topological polar surface area (TPSA) is 57.7 Å². The Bertz CT molecular complexity index is 500. The molecule has 5 heteroatoms. The van der Waals surface area contributed by atoms with Gasteiger partial charge in [0.15, 0.2) is 5.65 Å². The van der Waals surface area contributed by atoms with Gasteiger partial charge in [-0.15, -0.1) is 0 Å². The minimum atomic E-state index is 0.767. The monoisotopic (exact) mass is 275 g/mol. The average Bonchev–Trinajstić information content (AvgIpc) is 2.95. The van der Waals surface area contributed by atoms with E-state index in [2.05, 4.69) is 38.7 Å². The third kappa shape index (κ3) is 4.00. The Morgan fingerprint density at radius 1 is 1.00 bits per heavy atom. The van der Waals surface area contributed by atoms with Crippen molar-refractivity contribution < 1.29 is 0 Å². The Morgan fingerprint density at radius 3 is 2.45 bits per heavy atom. The van der Waals surface area contributed by atoms with Crippen LogP contribution in [0, 0.1) is 0 Å². The quantitative estimate of drug-likeness (QED) is 0.764. The summed E-state index contributed by atoms with van der Waals surface area (Å²) in [6, 6.07) is 0. The van der Waals surface area contributed by atoms with Gasteiger partial charge in [0.25, 0.3) is 0 Å². The number of H-pyrrole nitrogens is 1. The number of hydrogen-bond acceptors (Lipinski definition) is 4. The molecule has 0 unspecified atom stereocenters. The van der Waals surface area contributed by atoms with Crippen LogP contribution in [0.5, 0.6) is 0 Å². The minimum Gasteiger partial charge on any atom is -0.342 e. The molecule has 2 rings (SSSR count). The van der Waals surface area contributed by atoms with Gasteiger partial charge in [-0.3, -0.25) is 0 Å². The lowest BCUT2D eigenvalue weighted by molar-refractivity contribution is 0.268. The summed E-state index contributed by atoms with van der Waals surface area (Å²) in [5.41, 5.74) is 2.83. The van der Waals surface area contributed by atoms with Crippen LogP contribution in [0.15, 0.2) is 12.7 Å². The lowest BCUT2D eigenvalue weighted by Crippen LogP contribution is -2.28. The first-order valence-electron chi connectivity index (χ1n) is 7.70. The molecule has 110 valence electrons. The van der Waals surface area contributed by atoms with E-state index < -0.39 is 0 Å². The van der Waals surface area contributed by atoms with Crippen molar-refractivity contribution in [1.82, 2.24) is 24.8 Å². The van der Waals surface area contributed by atoms with Crippen LogP contribution in [0.1, 0.15) is 45.2 Å². The highest BCUT2D eigenvalue weighted by Gasteiger charge is 2.09. The molecule has 20 heavy (non-hydrogen) atoms. The largest absolute Gasteiger partial charge is 0.342 e. The fraction of sp³-hybridized carbons (Fsp3) is 0.667. The number of fused-ring (bicyclic) bond motifs is 1. The van der Waals surface area contributed by atoms with E-state index in [0.717, 1.165) is 29.8 Å². The van der Waals surface area contributed by atoms with E-state index in [-0.39, 0.29) is 0 Å². The number of imidazole rings is 1. The Balaban J connectivity index is 1.95. The van der Waals surface area contributed by atoms with Gasteiger partial charge >= 0.3 is 0 Å². The van der Waals surface area contributed by atoms with E-state index in [4.69, 9.17) is 0 Å². The van der Waals surface area contributed by atoms with E-state index in [0.29, 0.717) is 0 Å². The summed E-state index contributed by atoms with van der Waals surface area (Å²) < 4.78 is 0. The summed E-state index contributed by atoms with van der Waals surface area (Å²) in [6.45, 7) is 7.93. The van der Waals surface area contributed by atoms with Crippen LogP contribution in [0.3, 0.4) is 0 Å². The molecule has 0 fully saturated rings. The average molecular weight is 275 g/mol. The van der Waals surface area contributed by atoms with Gasteiger partial charge in [0.05, 0.1) is 12.0 Å². The molecular weight excluding hydrogens is 250 g/mol. The molecule has 2 aromatic rings. The maximum atomic E-state index is 4.40. The zero-order chi connectivity index (χ0) is 14.2. The summed E-state index contributed by atoms with van der Waals surface area (Å²) in [6.07, 6.45) is 9.30. The Labute approximate surface area is 120 Å². The van der Waals surface area contributed by atoms with Crippen molar-refractivity contribution in [2.45, 2.75) is 46.0 Å². The van der Waals surface area contributed by atoms with E-state index in [1.165, 1.54) is 38.8 Å². The second kappa shape index (κ2) is 7.94. The summed E-state index contributed by atoms with van der Waals surface area (Å²) in [7, 11) is 0. The SMILES string of the molecule is CCCCN(CCCC)CCc1ncnc2nc[nH]c12. The third-order valence-corrected chi connectivity index (χ3v) is 3.62. The summed E-state index contributed by atoms with van der Waals surface area (Å²) in [5, 5.41) is 0. The molecule has 2 aromatic heterocycles. The van der Waals surface area contributed by atoms with Crippen LogP contribution in [-0.2, 0) is 6.42 Å². The molecule has 0 aliphatic rings. The predicted octanol–water partition coefficient (Wildman–Crippen LogP) is 2.80. The molecule has 5 nitrogen and oxygen atoms in total. The van der Waals surface area contributed by atoms with Gasteiger partial charge in [-0.25, -0.2) is 15.0 Å². The first-order valence-corrected chi connectivity index (χ1v) is 7.70. The van der Waals surface area contributed by atoms with Crippen LogP contribution >= 0.6 is 0 Å². The number of aromatic nitrogens is 4. The maximum Gasteiger partial charge on any atom is 0.180 e. The van der Waals surface area contributed by atoms with Crippen molar-refractivity contribution in [1.29, 1.82) is 0 Å². The second-order valence-electron chi connectivity index (χ2n) is 5.22. The Hall–Kier alpha value is -1.49. The first kappa shape index (κ1) is 14.9. The van der Waals surface area contributed by atoms with Gasteiger partial charge in [-0.2, -0.15) is 0 Å². The maximum absolute atomic E-state index is 4.40. The minimum absolute atomic E-state index is 0.767. The zero-order valence-corrected chi connectivity index (χ0v) is 12.6. The van der Waals surface area contributed by atoms with Crippen molar-refractivity contribution in [2.75, 3.05) is 19.6 Å². The molecule has 0 aromatic carbocycles. The van der Waals surface area contributed by atoms with Gasteiger partial charge < -0.3 is 9.88 Å². The summed E-state index contributed by atoms with van der Waals surface area (Å²) >= 11 is 0. The molecule has 0 spiro atoms. The van der Waals surface area contributed by atoms with E-state index >= 15 is 0 Å². The number of aromatic amines is 1. The smallest absolute Gasteiger partial charge is 0.180 e. The van der Waals surface area contributed by atoms with Crippen molar-refractivity contribution in [3.63, 3.8) is 0 Å². The van der Waals surface area contributed by atoms with E-state index in [9.17, 15) is 0 Å². The van der Waals surface area contributed by atoms with Gasteiger partial charge in [-0.05, 0) is 25.9 Å². The molecule has 0 atom stereocenters. The highest BCUT2D eigenvalue weighted by Crippen LogP contribution is 2.11. The lowest BCUT2D eigenvalue weighted by Gasteiger charge is -2.21.